The standard InChI is InChI=1S/C23H26ClF3N6O2Si/c1-32-12-18(23(25,26)27)30-20(32)16-7-5-15(6-8-16)13-35-21-19-17(29-22(24)31-21)11-28-33(19)14-34-9-10-36(2,3)4/h5-8,11-12H,9-10,13-14H2,1-4H3. The number of alkyl halides is 3. The largest absolute Gasteiger partial charge is 0.471 e. The van der Waals surface area contributed by atoms with Crippen LogP contribution >= 0.6 is 11.6 Å². The topological polar surface area (TPSA) is 79.9 Å². The first-order valence-electron chi connectivity index (χ1n) is 11.2. The maximum Gasteiger partial charge on any atom is 0.434 e. The Morgan fingerprint density at radius 2 is 1.78 bits per heavy atom. The molecule has 0 fully saturated rings. The fourth-order valence-electron chi connectivity index (χ4n) is 3.44. The first-order valence-corrected chi connectivity index (χ1v) is 15.3. The van der Waals surface area contributed by atoms with Crippen molar-refractivity contribution in [2.45, 2.75) is 45.2 Å². The summed E-state index contributed by atoms with van der Waals surface area (Å²) in [4.78, 5) is 12.1. The van der Waals surface area contributed by atoms with Gasteiger partial charge in [0.15, 0.2) is 11.2 Å². The molecule has 0 aliphatic heterocycles. The van der Waals surface area contributed by atoms with E-state index in [-0.39, 0.29) is 30.3 Å². The highest BCUT2D eigenvalue weighted by Gasteiger charge is 2.34. The molecule has 36 heavy (non-hydrogen) atoms. The van der Waals surface area contributed by atoms with Crippen molar-refractivity contribution < 1.29 is 22.6 Å². The van der Waals surface area contributed by atoms with Crippen molar-refractivity contribution in [3.63, 3.8) is 0 Å². The molecule has 0 N–H and O–H groups in total. The molecule has 0 radical (unpaired) electrons. The molecule has 0 bridgehead atoms. The van der Waals surface area contributed by atoms with Crippen LogP contribution in [0.3, 0.4) is 0 Å². The van der Waals surface area contributed by atoms with E-state index in [1.165, 1.54) is 11.6 Å². The monoisotopic (exact) mass is 538 g/mol. The van der Waals surface area contributed by atoms with Crippen LogP contribution in [0.1, 0.15) is 11.3 Å². The predicted octanol–water partition coefficient (Wildman–Crippen LogP) is 5.79. The lowest BCUT2D eigenvalue weighted by Gasteiger charge is -2.15. The van der Waals surface area contributed by atoms with Crippen molar-refractivity contribution in [3.8, 4) is 17.3 Å². The Bertz CT molecular complexity index is 1350. The van der Waals surface area contributed by atoms with Crippen LogP contribution in [-0.4, -0.2) is 44.0 Å². The van der Waals surface area contributed by atoms with Crippen LogP contribution < -0.4 is 4.74 Å². The molecule has 1 aromatic carbocycles. The van der Waals surface area contributed by atoms with Crippen LogP contribution in [0.4, 0.5) is 13.2 Å². The Morgan fingerprint density at radius 3 is 2.42 bits per heavy atom. The van der Waals surface area contributed by atoms with Gasteiger partial charge < -0.3 is 14.0 Å². The van der Waals surface area contributed by atoms with Gasteiger partial charge in [-0.2, -0.15) is 23.3 Å². The van der Waals surface area contributed by atoms with Gasteiger partial charge in [-0.05, 0) is 23.2 Å². The second-order valence-electron chi connectivity index (χ2n) is 9.57. The fourth-order valence-corrected chi connectivity index (χ4v) is 4.36. The Labute approximate surface area is 212 Å². The molecule has 0 aliphatic rings. The first kappa shape index (κ1) is 26.1. The number of aromatic nitrogens is 6. The molecular weight excluding hydrogens is 513 g/mol. The van der Waals surface area contributed by atoms with E-state index in [9.17, 15) is 13.2 Å². The fraction of sp³-hybridized carbons (Fsp3) is 0.391. The van der Waals surface area contributed by atoms with Gasteiger partial charge in [-0.1, -0.05) is 43.9 Å². The van der Waals surface area contributed by atoms with Crippen LogP contribution in [0.5, 0.6) is 5.88 Å². The molecular formula is C23H26ClF3N6O2Si. The van der Waals surface area contributed by atoms with E-state index in [0.29, 0.717) is 23.2 Å². The lowest BCUT2D eigenvalue weighted by Crippen LogP contribution is -2.22. The summed E-state index contributed by atoms with van der Waals surface area (Å²) in [5, 5.41) is 4.36. The zero-order chi connectivity index (χ0) is 26.1. The zero-order valence-corrected chi connectivity index (χ0v) is 22.1. The summed E-state index contributed by atoms with van der Waals surface area (Å²) >= 11 is 6.07. The van der Waals surface area contributed by atoms with E-state index in [1.54, 1.807) is 35.1 Å². The zero-order valence-electron chi connectivity index (χ0n) is 20.3. The molecule has 4 rings (SSSR count). The second-order valence-corrected chi connectivity index (χ2v) is 15.5. The number of imidazole rings is 1. The molecule has 4 aromatic rings. The lowest BCUT2D eigenvalue weighted by atomic mass is 10.1. The minimum absolute atomic E-state index is 0.0299. The van der Waals surface area contributed by atoms with Gasteiger partial charge in [-0.3, -0.25) is 0 Å². The highest BCUT2D eigenvalue weighted by Crippen LogP contribution is 2.31. The van der Waals surface area contributed by atoms with Crippen molar-refractivity contribution in [3.05, 3.63) is 53.2 Å². The molecule has 3 aromatic heterocycles. The van der Waals surface area contributed by atoms with Gasteiger partial charge in [0.1, 0.15) is 24.7 Å². The van der Waals surface area contributed by atoms with Crippen molar-refractivity contribution in [1.82, 2.24) is 29.3 Å². The van der Waals surface area contributed by atoms with Gasteiger partial charge in [0.25, 0.3) is 0 Å². The van der Waals surface area contributed by atoms with Crippen LogP contribution in [0.2, 0.25) is 31.0 Å². The van der Waals surface area contributed by atoms with Gasteiger partial charge in [-0.15, -0.1) is 0 Å². The maximum absolute atomic E-state index is 13.0. The molecule has 0 aliphatic carbocycles. The number of ether oxygens (including phenoxy) is 2. The molecule has 3 heterocycles. The van der Waals surface area contributed by atoms with Crippen molar-refractivity contribution >= 4 is 30.7 Å². The summed E-state index contributed by atoms with van der Waals surface area (Å²) in [6.07, 6.45) is -1.96. The third-order valence-electron chi connectivity index (χ3n) is 5.39. The first-order chi connectivity index (χ1) is 16.9. The van der Waals surface area contributed by atoms with Gasteiger partial charge in [0, 0.05) is 33.5 Å². The SMILES string of the molecule is Cn1cc(C(F)(F)F)nc1-c1ccc(COc2nc(Cl)nc3cnn(COCC[Si](C)(C)C)c23)cc1. The molecule has 0 saturated heterocycles. The average molecular weight is 539 g/mol. The smallest absolute Gasteiger partial charge is 0.434 e. The van der Waals surface area contributed by atoms with Crippen LogP contribution in [0, 0.1) is 0 Å². The third kappa shape index (κ3) is 6.23. The van der Waals surface area contributed by atoms with Gasteiger partial charge in [-0.25, -0.2) is 14.6 Å². The van der Waals surface area contributed by atoms with E-state index >= 15 is 0 Å². The molecule has 0 spiro atoms. The third-order valence-corrected chi connectivity index (χ3v) is 7.27. The number of fused-ring (bicyclic) bond motifs is 1. The minimum atomic E-state index is -4.50. The number of hydrogen-bond acceptors (Lipinski definition) is 6. The highest BCUT2D eigenvalue weighted by atomic mass is 35.5. The predicted molar refractivity (Wildman–Crippen MR) is 132 cm³/mol. The van der Waals surface area contributed by atoms with Crippen LogP contribution in [0.15, 0.2) is 36.7 Å². The van der Waals surface area contributed by atoms with Crippen LogP contribution in [-0.2, 0) is 31.3 Å². The summed E-state index contributed by atoms with van der Waals surface area (Å²) in [7, 11) is 0.310. The van der Waals surface area contributed by atoms with Crippen LogP contribution in [0.25, 0.3) is 22.4 Å². The molecule has 0 saturated carbocycles. The Kier molecular flexibility index (Phi) is 7.39. The number of hydrogen-bond donors (Lipinski definition) is 0. The summed E-state index contributed by atoms with van der Waals surface area (Å²) in [5.41, 5.74) is 1.50. The Balaban J connectivity index is 1.47. The molecule has 0 unspecified atom stereocenters. The van der Waals surface area contributed by atoms with E-state index in [1.807, 2.05) is 0 Å². The minimum Gasteiger partial charge on any atom is -0.471 e. The highest BCUT2D eigenvalue weighted by molar-refractivity contribution is 6.76. The molecule has 13 heteroatoms. The summed E-state index contributed by atoms with van der Waals surface area (Å²) in [6.45, 7) is 7.86. The normalized spacial score (nSPS) is 12.4. The van der Waals surface area contributed by atoms with E-state index in [2.05, 4.69) is 39.7 Å². The molecule has 0 atom stereocenters. The van der Waals surface area contributed by atoms with Crippen molar-refractivity contribution in [2.24, 2.45) is 7.05 Å². The summed E-state index contributed by atoms with van der Waals surface area (Å²) in [6, 6.07) is 7.94. The van der Waals surface area contributed by atoms with Crippen molar-refractivity contribution in [1.29, 1.82) is 0 Å². The second kappa shape index (κ2) is 10.2. The van der Waals surface area contributed by atoms with E-state index in [0.717, 1.165) is 17.8 Å². The number of nitrogens with zero attached hydrogens (tertiary/aromatic N) is 6. The molecule has 0 amide bonds. The quantitative estimate of drug-likeness (QED) is 0.152. The van der Waals surface area contributed by atoms with Gasteiger partial charge in [0.05, 0.1) is 6.20 Å². The average Bonchev–Trinajstić information content (AvgIpc) is 3.38. The summed E-state index contributed by atoms with van der Waals surface area (Å²) < 4.78 is 53.7. The lowest BCUT2D eigenvalue weighted by molar-refractivity contribution is -0.140. The number of aryl methyl sites for hydroxylation is 1. The van der Waals surface area contributed by atoms with E-state index < -0.39 is 19.9 Å². The summed E-state index contributed by atoms with van der Waals surface area (Å²) in [5.74, 6) is 0.483. The van der Waals surface area contributed by atoms with Gasteiger partial charge in [0.2, 0.25) is 11.2 Å². The maximum atomic E-state index is 13.0. The van der Waals surface area contributed by atoms with E-state index in [4.69, 9.17) is 21.1 Å². The van der Waals surface area contributed by atoms with Gasteiger partial charge >= 0.3 is 6.18 Å². The number of halogens is 4. The molecule has 8 nitrogen and oxygen atoms in total. The number of rotatable bonds is 9. The Hall–Kier alpha value is -2.96. The molecule has 192 valence electrons. The Morgan fingerprint density at radius 1 is 1.06 bits per heavy atom. The van der Waals surface area contributed by atoms with Crippen molar-refractivity contribution in [2.75, 3.05) is 6.61 Å². The number of benzene rings is 1.